The van der Waals surface area contributed by atoms with Gasteiger partial charge in [0, 0.05) is 18.5 Å². The predicted molar refractivity (Wildman–Crippen MR) is 113 cm³/mol. The Morgan fingerprint density at radius 1 is 1.17 bits per heavy atom. The maximum atomic E-state index is 12.8. The lowest BCUT2D eigenvalue weighted by Gasteiger charge is -2.15. The molecular weight excluding hydrogens is 384 g/mol. The fourth-order valence-electron chi connectivity index (χ4n) is 3.19. The van der Waals surface area contributed by atoms with Crippen molar-refractivity contribution in [1.29, 1.82) is 0 Å². The second kappa shape index (κ2) is 8.16. The number of nitrogens with one attached hydrogen (secondary N) is 2. The third-order valence-corrected chi connectivity index (χ3v) is 4.67. The molecule has 0 radical (unpaired) electrons. The van der Waals surface area contributed by atoms with Gasteiger partial charge in [-0.25, -0.2) is 9.67 Å². The summed E-state index contributed by atoms with van der Waals surface area (Å²) in [5, 5.41) is 8.55. The second-order valence-electron chi connectivity index (χ2n) is 6.76. The van der Waals surface area contributed by atoms with Crippen molar-refractivity contribution in [1.82, 2.24) is 24.7 Å². The van der Waals surface area contributed by atoms with E-state index in [0.29, 0.717) is 28.3 Å². The number of methoxy groups -OCH3 is 1. The van der Waals surface area contributed by atoms with Crippen LogP contribution in [0.5, 0.6) is 5.88 Å². The number of H-pyrrole nitrogens is 1. The van der Waals surface area contributed by atoms with Crippen LogP contribution in [0.2, 0.25) is 0 Å². The molecule has 4 rings (SSSR count). The first kappa shape index (κ1) is 19.3. The average Bonchev–Trinajstić information content (AvgIpc) is 2.76. The van der Waals surface area contributed by atoms with Crippen molar-refractivity contribution in [2.75, 3.05) is 12.4 Å². The molecule has 1 aromatic carbocycles. The third kappa shape index (κ3) is 3.90. The van der Waals surface area contributed by atoms with Gasteiger partial charge >= 0.3 is 0 Å². The van der Waals surface area contributed by atoms with Gasteiger partial charge in [-0.3, -0.25) is 19.6 Å². The van der Waals surface area contributed by atoms with E-state index in [2.05, 4.69) is 25.4 Å². The van der Waals surface area contributed by atoms with Crippen LogP contribution in [0, 0.1) is 0 Å². The number of anilines is 1. The van der Waals surface area contributed by atoms with Gasteiger partial charge in [0.2, 0.25) is 11.8 Å². The largest absolute Gasteiger partial charge is 0.480 e. The minimum absolute atomic E-state index is 0.0277. The molecule has 0 aliphatic rings. The molecule has 1 atom stereocenters. The van der Waals surface area contributed by atoms with E-state index in [1.54, 1.807) is 30.6 Å². The highest BCUT2D eigenvalue weighted by atomic mass is 16.5. The van der Waals surface area contributed by atoms with Crippen LogP contribution in [-0.4, -0.2) is 31.8 Å². The van der Waals surface area contributed by atoms with Crippen molar-refractivity contribution < 1.29 is 4.74 Å². The van der Waals surface area contributed by atoms with E-state index in [4.69, 9.17) is 4.74 Å². The van der Waals surface area contributed by atoms with Crippen LogP contribution < -0.4 is 21.2 Å². The molecule has 3 heterocycles. The van der Waals surface area contributed by atoms with Gasteiger partial charge in [-0.05, 0) is 30.7 Å². The van der Waals surface area contributed by atoms with E-state index >= 15 is 0 Å². The summed E-state index contributed by atoms with van der Waals surface area (Å²) in [7, 11) is 1.50. The molecule has 0 fully saturated rings. The Kier molecular flexibility index (Phi) is 5.25. The van der Waals surface area contributed by atoms with E-state index in [-0.39, 0.29) is 23.7 Å². The Labute approximate surface area is 171 Å². The van der Waals surface area contributed by atoms with Gasteiger partial charge in [-0.1, -0.05) is 18.2 Å². The molecule has 0 bridgehead atoms. The van der Waals surface area contributed by atoms with E-state index in [9.17, 15) is 9.59 Å². The smallest absolute Gasteiger partial charge is 0.275 e. The Hall–Kier alpha value is -4.01. The van der Waals surface area contributed by atoms with Crippen molar-refractivity contribution in [3.05, 3.63) is 86.8 Å². The molecule has 2 N–H and O–H groups in total. The summed E-state index contributed by atoms with van der Waals surface area (Å²) >= 11 is 0. The topological polar surface area (TPSA) is 115 Å². The molecule has 9 heteroatoms. The third-order valence-electron chi connectivity index (χ3n) is 4.67. The SMILES string of the molecule is COc1nn(Cc2cc(=O)[nH]c(NC(C)c3cccnc3)n2)c(=O)c2ccccc12. The standard InChI is InChI=1S/C21H20N6O3/c1-13(14-6-5-9-22-11-14)23-21-24-15(10-18(28)25-21)12-27-20(29)17-8-4-3-7-16(17)19(26-27)30-2/h3-11,13H,12H2,1-2H3,(H2,23,24,25,28). The quantitative estimate of drug-likeness (QED) is 0.506. The van der Waals surface area contributed by atoms with E-state index in [1.165, 1.54) is 17.9 Å². The van der Waals surface area contributed by atoms with E-state index in [0.717, 1.165) is 5.56 Å². The van der Waals surface area contributed by atoms with E-state index < -0.39 is 0 Å². The normalized spacial score (nSPS) is 11.9. The average molecular weight is 404 g/mol. The lowest BCUT2D eigenvalue weighted by atomic mass is 10.1. The zero-order valence-corrected chi connectivity index (χ0v) is 16.5. The highest BCUT2D eigenvalue weighted by Crippen LogP contribution is 2.19. The summed E-state index contributed by atoms with van der Waals surface area (Å²) in [5.74, 6) is 0.633. The minimum Gasteiger partial charge on any atom is -0.480 e. The molecule has 0 spiro atoms. The van der Waals surface area contributed by atoms with Crippen LogP contribution in [0.1, 0.15) is 24.2 Å². The summed E-state index contributed by atoms with van der Waals surface area (Å²) in [5.41, 5.74) is 0.725. The molecule has 1 unspecified atom stereocenters. The van der Waals surface area contributed by atoms with Crippen molar-refractivity contribution in [2.45, 2.75) is 19.5 Å². The summed E-state index contributed by atoms with van der Waals surface area (Å²) in [6.45, 7) is 1.96. The zero-order chi connectivity index (χ0) is 21.1. The highest BCUT2D eigenvalue weighted by Gasteiger charge is 2.13. The van der Waals surface area contributed by atoms with Gasteiger partial charge in [0.25, 0.3) is 11.1 Å². The molecule has 0 saturated carbocycles. The van der Waals surface area contributed by atoms with E-state index in [1.807, 2.05) is 25.1 Å². The van der Waals surface area contributed by atoms with Gasteiger partial charge in [-0.2, -0.15) is 0 Å². The summed E-state index contributed by atoms with van der Waals surface area (Å²) < 4.78 is 6.58. The Morgan fingerprint density at radius 2 is 1.97 bits per heavy atom. The number of rotatable bonds is 6. The maximum Gasteiger partial charge on any atom is 0.275 e. The molecule has 0 aliphatic heterocycles. The van der Waals surface area contributed by atoms with Gasteiger partial charge < -0.3 is 10.1 Å². The number of ether oxygens (including phenoxy) is 1. The molecule has 3 aromatic heterocycles. The van der Waals surface area contributed by atoms with Crippen molar-refractivity contribution in [3.63, 3.8) is 0 Å². The highest BCUT2D eigenvalue weighted by molar-refractivity contribution is 5.85. The molecule has 152 valence electrons. The Balaban J connectivity index is 1.67. The fourth-order valence-corrected chi connectivity index (χ4v) is 3.19. The van der Waals surface area contributed by atoms with Gasteiger partial charge in [0.05, 0.1) is 36.2 Å². The Morgan fingerprint density at radius 3 is 2.70 bits per heavy atom. The summed E-state index contributed by atoms with van der Waals surface area (Å²) in [6.07, 6.45) is 3.43. The first-order valence-electron chi connectivity index (χ1n) is 9.35. The number of pyridine rings is 1. The minimum atomic E-state index is -0.332. The zero-order valence-electron chi connectivity index (χ0n) is 16.5. The number of aromatic nitrogens is 5. The Bertz CT molecular complexity index is 1300. The van der Waals surface area contributed by atoms with Crippen LogP contribution in [0.15, 0.2) is 64.4 Å². The van der Waals surface area contributed by atoms with Gasteiger partial charge in [-0.15, -0.1) is 5.10 Å². The molecule has 0 saturated heterocycles. The molecule has 4 aromatic rings. The molecule has 30 heavy (non-hydrogen) atoms. The van der Waals surface area contributed by atoms with Crippen LogP contribution >= 0.6 is 0 Å². The fraction of sp³-hybridized carbons (Fsp3) is 0.190. The molecular formula is C21H20N6O3. The lowest BCUT2D eigenvalue weighted by Crippen LogP contribution is -2.26. The number of fused-ring (bicyclic) bond motifs is 1. The predicted octanol–water partition coefficient (Wildman–Crippen LogP) is 2.10. The van der Waals surface area contributed by atoms with Crippen molar-refractivity contribution in [3.8, 4) is 5.88 Å². The maximum absolute atomic E-state index is 12.8. The number of hydrogen-bond donors (Lipinski definition) is 2. The number of hydrogen-bond acceptors (Lipinski definition) is 7. The van der Waals surface area contributed by atoms with Crippen molar-refractivity contribution >= 4 is 16.7 Å². The van der Waals surface area contributed by atoms with Crippen LogP contribution in [0.3, 0.4) is 0 Å². The summed E-state index contributed by atoms with van der Waals surface area (Å²) in [6, 6.07) is 12.1. The van der Waals surface area contributed by atoms with Crippen molar-refractivity contribution in [2.24, 2.45) is 0 Å². The summed E-state index contributed by atoms with van der Waals surface area (Å²) in [4.78, 5) is 36.2. The second-order valence-corrected chi connectivity index (χ2v) is 6.76. The van der Waals surface area contributed by atoms with Crippen LogP contribution in [-0.2, 0) is 6.54 Å². The monoisotopic (exact) mass is 404 g/mol. The molecule has 0 amide bonds. The van der Waals surface area contributed by atoms with Gasteiger partial charge in [0.15, 0.2) is 0 Å². The number of aromatic amines is 1. The van der Waals surface area contributed by atoms with Crippen LogP contribution in [0.25, 0.3) is 10.8 Å². The molecule has 0 aliphatic carbocycles. The first-order valence-corrected chi connectivity index (χ1v) is 9.35. The van der Waals surface area contributed by atoms with Gasteiger partial charge in [0.1, 0.15) is 0 Å². The molecule has 9 nitrogen and oxygen atoms in total. The number of benzene rings is 1. The first-order chi connectivity index (χ1) is 14.5. The van der Waals surface area contributed by atoms with Crippen LogP contribution in [0.4, 0.5) is 5.95 Å². The lowest BCUT2D eigenvalue weighted by molar-refractivity contribution is 0.385. The number of nitrogens with zero attached hydrogens (tertiary/aromatic N) is 4.